The van der Waals surface area contributed by atoms with Gasteiger partial charge in [-0.3, -0.25) is 0 Å². The Morgan fingerprint density at radius 2 is 0.481 bits per heavy atom. The van der Waals surface area contributed by atoms with Crippen LogP contribution in [0, 0.1) is 68.3 Å². The van der Waals surface area contributed by atoms with E-state index in [0.717, 1.165) is 103 Å². The normalized spacial score (nSPS) is 9.99. The van der Waals surface area contributed by atoms with Gasteiger partial charge in [0.05, 0.1) is 0 Å². The van der Waals surface area contributed by atoms with E-state index in [4.69, 9.17) is 0 Å². The van der Waals surface area contributed by atoms with Gasteiger partial charge in [-0.25, -0.2) is 0 Å². The molecular weight excluding hydrogens is 2360 g/mol. The number of hydrogen-bond donors (Lipinski definition) is 0. The van der Waals surface area contributed by atoms with Crippen LogP contribution in [0.2, 0.25) is 0 Å². The van der Waals surface area contributed by atoms with Crippen LogP contribution in [0.3, 0.4) is 0 Å². The van der Waals surface area contributed by atoms with Crippen LogP contribution in [0.5, 0.6) is 0 Å². The number of pyridine rings is 8. The molecule has 4 radical (unpaired) electrons. The third-order valence-corrected chi connectivity index (χ3v) is 20.9. The monoisotopic (exact) mass is 2460 g/mol. The second kappa shape index (κ2) is 57.8. The predicted octanol–water partition coefficient (Wildman–Crippen LogP) is 30.5. The van der Waals surface area contributed by atoms with Crippen molar-refractivity contribution in [3.8, 4) is 135 Å². The van der Waals surface area contributed by atoms with Crippen LogP contribution in [0.4, 0.5) is 0 Å². The fraction of sp³-hybridized carbons (Fsp3) is 0.0894. The minimum Gasteiger partial charge on any atom is -0.305 e. The molecule has 8 heterocycles. The second-order valence-electron chi connectivity index (χ2n) is 31.1. The summed E-state index contributed by atoms with van der Waals surface area (Å²) in [5.74, 6) is 1.13. The SMILES string of the molecule is CC(C)Cc1cccnc1-c1[c-]cccc1.CC(C)c1cccnc1-c1[c-]cccc1.CCc1cccnc1-c1[c-]cccc1.Cc1cnc(-c2[c-]cccc2)cc1C.[Ir].[Ir].[Ir].[Ir].[c-]1ccccc1-c1cc(-c2ccccc2)ccn1.[c-]1ccccc1-c1cc(-c2ccccc2)ccn1.[c-]1ccccc1-c1cc(-c2ccccc2)ccn1.[c-]1ccccc1-c1cc(-c2ccccc2)ccn1. The van der Waals surface area contributed by atoms with Crippen molar-refractivity contribution in [1.82, 2.24) is 39.9 Å². The quantitative estimate of drug-likeness (QED) is 0.0882. The Kier molecular flexibility index (Phi) is 45.0. The van der Waals surface area contributed by atoms with Gasteiger partial charge in [0.1, 0.15) is 0 Å². The van der Waals surface area contributed by atoms with Gasteiger partial charge >= 0.3 is 0 Å². The fourth-order valence-corrected chi connectivity index (χ4v) is 14.1. The zero-order valence-corrected chi connectivity index (χ0v) is 85.9. The molecule has 0 aliphatic heterocycles. The number of rotatable bonds is 16. The van der Waals surface area contributed by atoms with Crippen LogP contribution in [0.15, 0.2) is 456 Å². The van der Waals surface area contributed by atoms with Gasteiger partial charge in [-0.05, 0) is 177 Å². The molecule has 0 atom stereocenters. The summed E-state index contributed by atoms with van der Waals surface area (Å²) in [6.07, 6.45) is 16.9. The summed E-state index contributed by atoms with van der Waals surface area (Å²) in [4.78, 5) is 35.3. The van der Waals surface area contributed by atoms with Crippen molar-refractivity contribution in [3.05, 3.63) is 532 Å². The molecule has 20 rings (SSSR count). The van der Waals surface area contributed by atoms with Gasteiger partial charge in [-0.2, -0.15) is 0 Å². The molecule has 678 valence electrons. The van der Waals surface area contributed by atoms with Crippen molar-refractivity contribution in [2.45, 2.75) is 67.2 Å². The Morgan fingerprint density at radius 3 is 0.756 bits per heavy atom. The third kappa shape index (κ3) is 32.9. The first-order chi connectivity index (χ1) is 64.5. The molecular formula is C123H102Ir4N8-8. The fourth-order valence-electron chi connectivity index (χ4n) is 14.1. The number of benzene rings is 12. The maximum atomic E-state index is 4.47. The molecule has 12 heteroatoms. The summed E-state index contributed by atoms with van der Waals surface area (Å²) in [7, 11) is 0. The Morgan fingerprint density at radius 1 is 0.222 bits per heavy atom. The molecule has 0 N–H and O–H groups in total. The standard InChI is InChI=1S/4C17H12N.C15H16N.C14H14N.2C13H12N.4Ir/c4*1-3-7-14(8-4-1)16-11-12-18-17(13-16)15-9-5-2-6-10-15;1-12(2)11-14-9-6-10-16-15(14)13-7-4-3-5-8-13;1-11(2)13-9-6-10-15-14(13)12-7-4-3-5-8-12;1-10-8-13(14-9-11(10)2)12-6-4-3-5-7-12;1-2-11-9-6-10-14-13(11)12-7-4-3-5-8-12;;;;/h4*1-9,11-13H;3-7,9-10,12H,11H2,1-2H3;3-7,9-11H,1-2H3;3-6,8-9H,1-2H3;3-7,9-10H,2H2,1H3;;;;/q8*-1;;;;. The van der Waals surface area contributed by atoms with Crippen LogP contribution < -0.4 is 0 Å². The largest absolute Gasteiger partial charge is 0.305 e. The summed E-state index contributed by atoms with van der Waals surface area (Å²) in [5, 5.41) is 0. The van der Waals surface area contributed by atoms with E-state index in [2.05, 4.69) is 240 Å². The zero-order chi connectivity index (χ0) is 90.7. The molecule has 0 saturated carbocycles. The maximum absolute atomic E-state index is 4.47. The Balaban J connectivity index is 0.000000173. The first-order valence-electron chi connectivity index (χ1n) is 44.1. The first-order valence-corrected chi connectivity index (χ1v) is 44.1. The van der Waals surface area contributed by atoms with Gasteiger partial charge in [-0.15, -0.1) is 287 Å². The van der Waals surface area contributed by atoms with Crippen LogP contribution in [0.1, 0.15) is 68.4 Å². The molecule has 20 aromatic rings. The van der Waals surface area contributed by atoms with Gasteiger partial charge < -0.3 is 39.9 Å². The molecule has 0 spiro atoms. The second-order valence-corrected chi connectivity index (χ2v) is 31.1. The number of aromatic nitrogens is 8. The molecule has 12 aromatic carbocycles. The van der Waals surface area contributed by atoms with Crippen molar-refractivity contribution in [1.29, 1.82) is 0 Å². The van der Waals surface area contributed by atoms with E-state index < -0.39 is 0 Å². The van der Waals surface area contributed by atoms with E-state index in [-0.39, 0.29) is 80.4 Å². The van der Waals surface area contributed by atoms with Crippen molar-refractivity contribution in [2.24, 2.45) is 5.92 Å². The molecule has 0 fully saturated rings. The number of hydrogen-bond acceptors (Lipinski definition) is 8. The van der Waals surface area contributed by atoms with Crippen molar-refractivity contribution >= 4 is 0 Å². The minimum atomic E-state index is 0. The van der Waals surface area contributed by atoms with Gasteiger partial charge in [0.25, 0.3) is 0 Å². The molecule has 8 aromatic heterocycles. The zero-order valence-electron chi connectivity index (χ0n) is 76.3. The molecule has 0 unspecified atom stereocenters. The average Bonchev–Trinajstić information content (AvgIpc) is 0.996. The summed E-state index contributed by atoms with van der Waals surface area (Å²) in [6, 6.07) is 161. The maximum Gasteiger partial charge on any atom is 0.0192 e. The summed E-state index contributed by atoms with van der Waals surface area (Å²) in [6.45, 7) is 15.1. The van der Waals surface area contributed by atoms with E-state index >= 15 is 0 Å². The van der Waals surface area contributed by atoms with E-state index in [0.29, 0.717) is 11.8 Å². The smallest absolute Gasteiger partial charge is 0.0192 e. The van der Waals surface area contributed by atoms with Crippen molar-refractivity contribution in [2.75, 3.05) is 0 Å². The summed E-state index contributed by atoms with van der Waals surface area (Å²) >= 11 is 0. The van der Waals surface area contributed by atoms with E-state index in [1.54, 1.807) is 0 Å². The Labute approximate surface area is 852 Å². The summed E-state index contributed by atoms with van der Waals surface area (Å²) in [5.41, 5.74) is 32.2. The Hall–Kier alpha value is -13.6. The van der Waals surface area contributed by atoms with Gasteiger partial charge in [0.2, 0.25) is 0 Å². The predicted molar refractivity (Wildman–Crippen MR) is 541 cm³/mol. The first kappa shape index (κ1) is 105. The van der Waals surface area contributed by atoms with E-state index in [1.807, 2.05) is 353 Å². The molecule has 0 saturated heterocycles. The molecule has 8 nitrogen and oxygen atoms in total. The van der Waals surface area contributed by atoms with Crippen LogP contribution in [0.25, 0.3) is 135 Å². The summed E-state index contributed by atoms with van der Waals surface area (Å²) < 4.78 is 0. The number of aryl methyl sites for hydroxylation is 3. The average molecular weight is 2460 g/mol. The molecule has 0 aliphatic carbocycles. The topological polar surface area (TPSA) is 103 Å². The number of nitrogens with zero attached hydrogens (tertiary/aromatic N) is 8. The van der Waals surface area contributed by atoms with Gasteiger partial charge in [0, 0.05) is 130 Å². The Bertz CT molecular complexity index is 6020. The molecule has 135 heavy (non-hydrogen) atoms. The molecule has 0 amide bonds. The molecule has 0 aliphatic rings. The van der Waals surface area contributed by atoms with Crippen LogP contribution in [-0.2, 0) is 93.3 Å². The third-order valence-electron chi connectivity index (χ3n) is 20.9. The van der Waals surface area contributed by atoms with Crippen LogP contribution >= 0.6 is 0 Å². The van der Waals surface area contributed by atoms with E-state index in [1.165, 1.54) is 72.3 Å². The van der Waals surface area contributed by atoms with Gasteiger partial charge in [0.15, 0.2) is 0 Å². The van der Waals surface area contributed by atoms with Crippen LogP contribution in [-0.4, -0.2) is 39.9 Å². The minimum absolute atomic E-state index is 0. The van der Waals surface area contributed by atoms with E-state index in [9.17, 15) is 0 Å². The van der Waals surface area contributed by atoms with Crippen molar-refractivity contribution < 1.29 is 80.4 Å². The molecule has 0 bridgehead atoms. The van der Waals surface area contributed by atoms with Gasteiger partial charge in [-0.1, -0.05) is 227 Å². The van der Waals surface area contributed by atoms with Crippen molar-refractivity contribution in [3.63, 3.8) is 0 Å².